The van der Waals surface area contributed by atoms with Crippen molar-refractivity contribution in [1.29, 1.82) is 0 Å². The fourth-order valence-electron chi connectivity index (χ4n) is 4.34. The molecule has 2 saturated heterocycles. The molecular formula is C22H26N4O7S. The second kappa shape index (κ2) is 9.57. The van der Waals surface area contributed by atoms with Gasteiger partial charge in [0.05, 0.1) is 23.0 Å². The van der Waals surface area contributed by atoms with Crippen LogP contribution in [0.4, 0.5) is 11.4 Å². The number of piperazine rings is 1. The Labute approximate surface area is 197 Å². The number of ether oxygens (including phenoxy) is 1. The average molecular weight is 491 g/mol. The molecule has 182 valence electrons. The Morgan fingerprint density at radius 2 is 1.68 bits per heavy atom. The maximum Gasteiger partial charge on any atom is 0.269 e. The first kappa shape index (κ1) is 23.9. The predicted octanol–water partition coefficient (Wildman–Crippen LogP) is 1.08. The lowest BCUT2D eigenvalue weighted by Crippen LogP contribution is -2.54. The molecule has 2 aromatic rings. The Bertz CT molecular complexity index is 1150. The number of sulfonamides is 1. The number of amides is 1. The first-order chi connectivity index (χ1) is 16.2. The molecule has 12 heteroatoms. The van der Waals surface area contributed by atoms with Crippen LogP contribution in [0.25, 0.3) is 0 Å². The molecule has 0 saturated carbocycles. The van der Waals surface area contributed by atoms with Crippen molar-refractivity contribution in [2.45, 2.75) is 23.5 Å². The van der Waals surface area contributed by atoms with Gasteiger partial charge < -0.3 is 19.6 Å². The SMILES string of the molecule is COc1ccc(S(=O)(=O)N2CC(O)C[C@@H]2C(=O)N2CCN(c3ccc([N+](=O)[O-])cc3)CC2)cc1. The Hall–Kier alpha value is -3.22. The second-order valence-electron chi connectivity index (χ2n) is 8.24. The lowest BCUT2D eigenvalue weighted by Gasteiger charge is -2.38. The number of aliphatic hydroxyl groups is 1. The van der Waals surface area contributed by atoms with Gasteiger partial charge in [0.2, 0.25) is 15.9 Å². The zero-order valence-electron chi connectivity index (χ0n) is 18.6. The summed E-state index contributed by atoms with van der Waals surface area (Å²) < 4.78 is 32.6. The number of methoxy groups -OCH3 is 1. The summed E-state index contributed by atoms with van der Waals surface area (Å²) in [5, 5.41) is 21.1. The molecule has 11 nitrogen and oxygen atoms in total. The van der Waals surface area contributed by atoms with Crippen molar-refractivity contribution in [1.82, 2.24) is 9.21 Å². The molecule has 2 atom stereocenters. The van der Waals surface area contributed by atoms with E-state index in [2.05, 4.69) is 0 Å². The number of anilines is 1. The van der Waals surface area contributed by atoms with Gasteiger partial charge in [-0.2, -0.15) is 4.31 Å². The number of nitro groups is 1. The minimum absolute atomic E-state index is 0.00974. The maximum atomic E-state index is 13.3. The van der Waals surface area contributed by atoms with Gasteiger partial charge in [0, 0.05) is 57.0 Å². The summed E-state index contributed by atoms with van der Waals surface area (Å²) in [6, 6.07) is 11.2. The first-order valence-electron chi connectivity index (χ1n) is 10.8. The fourth-order valence-corrected chi connectivity index (χ4v) is 5.97. The number of carbonyl (C=O) groups excluding carboxylic acids is 1. The van der Waals surface area contributed by atoms with E-state index in [1.54, 1.807) is 17.0 Å². The van der Waals surface area contributed by atoms with Crippen LogP contribution >= 0.6 is 0 Å². The third-order valence-corrected chi connectivity index (χ3v) is 8.09. The Balaban J connectivity index is 1.44. The molecule has 2 aliphatic rings. The van der Waals surface area contributed by atoms with E-state index in [1.807, 2.05) is 4.90 Å². The van der Waals surface area contributed by atoms with Gasteiger partial charge in [0.1, 0.15) is 11.8 Å². The van der Waals surface area contributed by atoms with Crippen LogP contribution in [-0.2, 0) is 14.8 Å². The molecule has 0 aromatic heterocycles. The van der Waals surface area contributed by atoms with E-state index < -0.39 is 27.1 Å². The van der Waals surface area contributed by atoms with Crippen LogP contribution in [-0.4, -0.2) is 85.5 Å². The Morgan fingerprint density at radius 1 is 1.06 bits per heavy atom. The standard InChI is InChI=1S/C22H26N4O7S/c1-33-19-6-8-20(9-7-19)34(31,32)25-15-18(27)14-21(25)22(28)24-12-10-23(11-13-24)16-2-4-17(5-3-16)26(29)30/h2-9,18,21,27H,10-15H2,1H3/t18?,21-/m1/s1. The zero-order chi connectivity index (χ0) is 24.5. The van der Waals surface area contributed by atoms with Gasteiger partial charge >= 0.3 is 0 Å². The van der Waals surface area contributed by atoms with E-state index in [-0.39, 0.29) is 29.5 Å². The van der Waals surface area contributed by atoms with Gasteiger partial charge in [-0.25, -0.2) is 8.42 Å². The molecule has 1 N–H and O–H groups in total. The highest BCUT2D eigenvalue weighted by Crippen LogP contribution is 2.29. The van der Waals surface area contributed by atoms with Crippen LogP contribution in [0.2, 0.25) is 0 Å². The topological polar surface area (TPSA) is 134 Å². The number of benzene rings is 2. The fraction of sp³-hybridized carbons (Fsp3) is 0.409. The van der Waals surface area contributed by atoms with E-state index in [1.165, 1.54) is 43.5 Å². The van der Waals surface area contributed by atoms with Crippen molar-refractivity contribution in [3.63, 3.8) is 0 Å². The molecule has 2 heterocycles. The summed E-state index contributed by atoms with van der Waals surface area (Å²) >= 11 is 0. The van der Waals surface area contributed by atoms with E-state index in [0.29, 0.717) is 31.9 Å². The smallest absolute Gasteiger partial charge is 0.269 e. The minimum atomic E-state index is -3.99. The third kappa shape index (κ3) is 4.69. The highest BCUT2D eigenvalue weighted by Gasteiger charge is 2.45. The Kier molecular flexibility index (Phi) is 6.73. The number of aliphatic hydroxyl groups excluding tert-OH is 1. The lowest BCUT2D eigenvalue weighted by atomic mass is 10.1. The molecule has 2 aliphatic heterocycles. The third-order valence-electron chi connectivity index (χ3n) is 6.20. The van der Waals surface area contributed by atoms with E-state index >= 15 is 0 Å². The number of β-amino-alcohol motifs (C(OH)–C–C–N with tert-alkyl or cyclic N) is 1. The zero-order valence-corrected chi connectivity index (χ0v) is 19.4. The summed E-state index contributed by atoms with van der Waals surface area (Å²) in [5.74, 6) is 0.177. The van der Waals surface area contributed by atoms with Gasteiger partial charge in [-0.15, -0.1) is 0 Å². The highest BCUT2D eigenvalue weighted by molar-refractivity contribution is 7.89. The van der Waals surface area contributed by atoms with Crippen LogP contribution in [0, 0.1) is 10.1 Å². The van der Waals surface area contributed by atoms with Crippen molar-refractivity contribution in [3.8, 4) is 5.75 Å². The molecule has 2 fully saturated rings. The molecular weight excluding hydrogens is 464 g/mol. The summed E-state index contributed by atoms with van der Waals surface area (Å²) in [6.07, 6.45) is -0.889. The Morgan fingerprint density at radius 3 is 2.24 bits per heavy atom. The van der Waals surface area contributed by atoms with Crippen LogP contribution in [0.3, 0.4) is 0 Å². The van der Waals surface area contributed by atoms with Crippen molar-refractivity contribution < 1.29 is 28.0 Å². The monoisotopic (exact) mass is 490 g/mol. The number of hydrogen-bond donors (Lipinski definition) is 1. The van der Waals surface area contributed by atoms with Crippen molar-refractivity contribution >= 4 is 27.3 Å². The molecule has 2 aromatic carbocycles. The molecule has 0 radical (unpaired) electrons. The van der Waals surface area contributed by atoms with Gasteiger partial charge in [-0.1, -0.05) is 0 Å². The molecule has 4 rings (SSSR count). The van der Waals surface area contributed by atoms with E-state index in [0.717, 1.165) is 9.99 Å². The number of carbonyl (C=O) groups is 1. The first-order valence-corrected chi connectivity index (χ1v) is 12.3. The summed E-state index contributed by atoms with van der Waals surface area (Å²) in [5.41, 5.74) is 0.827. The van der Waals surface area contributed by atoms with Crippen molar-refractivity contribution in [2.24, 2.45) is 0 Å². The minimum Gasteiger partial charge on any atom is -0.497 e. The van der Waals surface area contributed by atoms with Gasteiger partial charge in [-0.05, 0) is 36.4 Å². The normalized spacial score (nSPS) is 21.5. The van der Waals surface area contributed by atoms with Crippen molar-refractivity contribution in [3.05, 3.63) is 58.6 Å². The summed E-state index contributed by atoms with van der Waals surface area (Å²) in [4.78, 5) is 27.3. The number of rotatable bonds is 6. The summed E-state index contributed by atoms with van der Waals surface area (Å²) in [6.45, 7) is 1.61. The number of non-ortho nitro benzene ring substituents is 1. The number of nitrogens with zero attached hydrogens (tertiary/aromatic N) is 4. The molecule has 0 spiro atoms. The van der Waals surface area contributed by atoms with E-state index in [4.69, 9.17) is 4.74 Å². The van der Waals surface area contributed by atoms with Crippen LogP contribution < -0.4 is 9.64 Å². The molecule has 1 amide bonds. The predicted molar refractivity (Wildman–Crippen MR) is 123 cm³/mol. The second-order valence-corrected chi connectivity index (χ2v) is 10.1. The van der Waals surface area contributed by atoms with Gasteiger partial charge in [0.25, 0.3) is 5.69 Å². The molecule has 0 bridgehead atoms. The van der Waals surface area contributed by atoms with Crippen LogP contribution in [0.15, 0.2) is 53.4 Å². The molecule has 0 aliphatic carbocycles. The molecule has 34 heavy (non-hydrogen) atoms. The average Bonchev–Trinajstić information content (AvgIpc) is 3.26. The quantitative estimate of drug-likeness (QED) is 0.470. The largest absolute Gasteiger partial charge is 0.497 e. The summed E-state index contributed by atoms with van der Waals surface area (Å²) in [7, 11) is -2.51. The highest BCUT2D eigenvalue weighted by atomic mass is 32.2. The number of nitro benzene ring substituents is 1. The van der Waals surface area contributed by atoms with Gasteiger partial charge in [0.15, 0.2) is 0 Å². The van der Waals surface area contributed by atoms with Gasteiger partial charge in [-0.3, -0.25) is 14.9 Å². The van der Waals surface area contributed by atoms with E-state index in [9.17, 15) is 28.4 Å². The lowest BCUT2D eigenvalue weighted by molar-refractivity contribution is -0.384. The number of hydrogen-bond acceptors (Lipinski definition) is 8. The maximum absolute atomic E-state index is 13.3. The van der Waals surface area contributed by atoms with Crippen LogP contribution in [0.5, 0.6) is 5.75 Å². The van der Waals surface area contributed by atoms with Crippen molar-refractivity contribution in [2.75, 3.05) is 44.7 Å². The van der Waals surface area contributed by atoms with Crippen LogP contribution in [0.1, 0.15) is 6.42 Å². The molecule has 1 unspecified atom stereocenters.